The number of hydrogen-bond donors (Lipinski definition) is 5. The molecular weight excluding hydrogens is 1360 g/mol. The number of azide groups is 1. The number of piperidine rings is 3. The molecule has 4 aliphatic heterocycles. The standard InChI is InChI=1S/C23H21FN4O3.C19H18FN3O.C17H17FN6S.C17H19FN4S/c24-19-6-7-21(20(16-19)26-22(29)17-8-10-25-11-9-17)27-12-14-28(15-13-27)31-23(30)18-4-2-1-3-5-18;1-2-16-12-14(8-9-21-16)19(24)22-17-13-15(20)6-7-18(17)23-10-4-3-5-11-23;18-13-10-15(21-17(25)12-4-6-20-7-5-12)16(11-14(13)22-23-19)24-8-2-1-3-9-24;18-13-10-15(21-17(23)12-4-6-20-7-5-12)16(11-14(13)19)22-8-2-1-3-9-22/h1-11,16H,12-15H2,(H,26,29);1,6-9,12-13H,3-5,10-11H2,(H,22,24);4-7,10-11H,1-3,8-9H2,(H,21,25);4-7,10-11H,1-3,8-9,19H2,(H,21,23). The van der Waals surface area contributed by atoms with Crippen LogP contribution in [-0.4, -0.2) is 118 Å². The maximum Gasteiger partial charge on any atom is 0.357 e. The highest BCUT2D eigenvalue weighted by Crippen LogP contribution is 2.37. The zero-order valence-electron chi connectivity index (χ0n) is 56.2. The third kappa shape index (κ3) is 21.0. The second-order valence-electron chi connectivity index (χ2n) is 24.1. The molecule has 4 aliphatic rings. The summed E-state index contributed by atoms with van der Waals surface area (Å²) in [6, 6.07) is 37.2. The van der Waals surface area contributed by atoms with Crippen molar-refractivity contribution >= 4 is 109 Å². The fraction of sp³-hybridized carbons (Fsp3) is 0.250. The van der Waals surface area contributed by atoms with Gasteiger partial charge in [0.15, 0.2) is 0 Å². The lowest BCUT2D eigenvalue weighted by molar-refractivity contribution is -0.112. The quantitative estimate of drug-likeness (QED) is 0.0122. The second-order valence-corrected chi connectivity index (χ2v) is 24.9. The number of hydroxylamine groups is 2. The molecule has 2 amide bonds. The number of nitrogens with two attached hydrogens (primary N) is 1. The number of amides is 2. The maximum absolute atomic E-state index is 14.3. The summed E-state index contributed by atoms with van der Waals surface area (Å²) in [5.41, 5.74) is 23.2. The molecule has 6 N–H and O–H groups in total. The van der Waals surface area contributed by atoms with Gasteiger partial charge in [0, 0.05) is 129 Å². The van der Waals surface area contributed by atoms with Crippen LogP contribution in [0.2, 0.25) is 0 Å². The first-order valence-electron chi connectivity index (χ1n) is 33.6. The number of aromatic nitrogens is 4. The monoisotopic (exact) mass is 1430 g/mol. The smallest absolute Gasteiger partial charge is 0.357 e. The highest BCUT2D eigenvalue weighted by atomic mass is 32.1. The van der Waals surface area contributed by atoms with Gasteiger partial charge in [0.2, 0.25) is 0 Å². The Morgan fingerprint density at radius 2 is 0.903 bits per heavy atom. The molecule has 0 saturated carbocycles. The summed E-state index contributed by atoms with van der Waals surface area (Å²) in [6.45, 7) is 7.51. The molecule has 21 nitrogen and oxygen atoms in total. The average molecular weight is 1430 g/mol. The van der Waals surface area contributed by atoms with Gasteiger partial charge in [0.05, 0.1) is 75.5 Å². The van der Waals surface area contributed by atoms with Crippen LogP contribution in [0.3, 0.4) is 0 Å². The molecule has 0 aliphatic carbocycles. The summed E-state index contributed by atoms with van der Waals surface area (Å²) in [5.74, 6) is -0.530. The van der Waals surface area contributed by atoms with E-state index in [2.05, 4.69) is 71.8 Å². The van der Waals surface area contributed by atoms with Crippen LogP contribution in [0.4, 0.5) is 74.4 Å². The fourth-order valence-corrected chi connectivity index (χ4v) is 12.3. The number of hydrogen-bond acceptors (Lipinski definition) is 17. The van der Waals surface area contributed by atoms with Crippen LogP contribution in [-0.2, 0) is 4.84 Å². The van der Waals surface area contributed by atoms with Crippen LogP contribution in [0.15, 0.2) is 188 Å². The number of nitrogens with zero attached hydrogens (tertiary/aromatic N) is 12. The third-order valence-corrected chi connectivity index (χ3v) is 17.8. The van der Waals surface area contributed by atoms with Crippen molar-refractivity contribution in [2.75, 3.05) is 112 Å². The van der Waals surface area contributed by atoms with E-state index >= 15 is 0 Å². The van der Waals surface area contributed by atoms with Crippen molar-refractivity contribution in [3.8, 4) is 12.3 Å². The number of rotatable bonds is 15. The van der Waals surface area contributed by atoms with E-state index in [-0.39, 0.29) is 29.0 Å². The summed E-state index contributed by atoms with van der Waals surface area (Å²) in [4.78, 5) is 70.8. The molecule has 8 heterocycles. The van der Waals surface area contributed by atoms with Crippen molar-refractivity contribution in [3.63, 3.8) is 0 Å². The van der Waals surface area contributed by atoms with Crippen molar-refractivity contribution in [1.82, 2.24) is 25.0 Å². The van der Waals surface area contributed by atoms with Gasteiger partial charge in [-0.3, -0.25) is 24.5 Å². The Hall–Kier alpha value is -11.6. The highest BCUT2D eigenvalue weighted by Gasteiger charge is 2.26. The van der Waals surface area contributed by atoms with E-state index in [1.807, 2.05) is 23.1 Å². The van der Waals surface area contributed by atoms with E-state index < -0.39 is 23.4 Å². The number of nitrogens with one attached hydrogen (secondary N) is 4. The van der Waals surface area contributed by atoms with E-state index in [4.69, 9.17) is 47.0 Å². The molecule has 0 spiro atoms. The maximum atomic E-state index is 14.3. The largest absolute Gasteiger partial charge is 0.396 e. The number of carbonyl (C=O) groups is 3. The normalized spacial score (nSPS) is 14.2. The lowest BCUT2D eigenvalue weighted by Gasteiger charge is -2.35. The van der Waals surface area contributed by atoms with Gasteiger partial charge >= 0.3 is 5.97 Å². The molecule has 4 saturated heterocycles. The second kappa shape index (κ2) is 37.2. The van der Waals surface area contributed by atoms with Gasteiger partial charge in [-0.05, 0) is 179 Å². The van der Waals surface area contributed by atoms with Crippen LogP contribution in [0.25, 0.3) is 10.4 Å². The van der Waals surface area contributed by atoms with Crippen LogP contribution in [0.5, 0.6) is 0 Å². The van der Waals surface area contributed by atoms with Gasteiger partial charge in [-0.2, -0.15) is 0 Å². The molecule has 27 heteroatoms. The number of thiocarbonyl (C=S) groups is 2. The minimum atomic E-state index is -0.585. The molecule has 528 valence electrons. The van der Waals surface area contributed by atoms with E-state index in [9.17, 15) is 31.9 Å². The number of nitrogen functional groups attached to an aromatic ring is 1. The first kappa shape index (κ1) is 74.1. The molecule has 9 aromatic rings. The number of piperazine rings is 1. The molecule has 4 aromatic heterocycles. The Balaban J connectivity index is 0.000000149. The number of anilines is 9. The predicted octanol–water partition coefficient (Wildman–Crippen LogP) is 15.3. The van der Waals surface area contributed by atoms with Crippen LogP contribution in [0, 0.1) is 35.6 Å². The topological polar surface area (TPSA) is 251 Å². The lowest BCUT2D eigenvalue weighted by atomic mass is 10.1. The van der Waals surface area contributed by atoms with Gasteiger partial charge < -0.3 is 51.4 Å². The predicted molar refractivity (Wildman–Crippen MR) is 404 cm³/mol. The van der Waals surface area contributed by atoms with Crippen molar-refractivity contribution in [2.24, 2.45) is 5.11 Å². The van der Waals surface area contributed by atoms with Crippen molar-refractivity contribution in [1.29, 1.82) is 0 Å². The molecule has 0 atom stereocenters. The molecule has 5 aromatic carbocycles. The Kier molecular flexibility index (Phi) is 26.8. The Labute approximate surface area is 605 Å². The molecule has 0 bridgehead atoms. The number of pyridine rings is 4. The number of terminal acetylenes is 1. The first-order valence-corrected chi connectivity index (χ1v) is 34.4. The van der Waals surface area contributed by atoms with Crippen molar-refractivity contribution in [3.05, 3.63) is 250 Å². The molecule has 0 radical (unpaired) electrons. The summed E-state index contributed by atoms with van der Waals surface area (Å²) < 4.78 is 55.8. The summed E-state index contributed by atoms with van der Waals surface area (Å²) in [5, 5.41) is 16.9. The zero-order chi connectivity index (χ0) is 72.5. The van der Waals surface area contributed by atoms with E-state index in [0.717, 1.165) is 106 Å². The van der Waals surface area contributed by atoms with Crippen LogP contribution < -0.4 is 46.6 Å². The molecule has 0 unspecified atom stereocenters. The van der Waals surface area contributed by atoms with E-state index in [1.165, 1.54) is 80.3 Å². The fourth-order valence-electron chi connectivity index (χ4n) is 11.9. The molecule has 103 heavy (non-hydrogen) atoms. The summed E-state index contributed by atoms with van der Waals surface area (Å²) in [7, 11) is 0. The number of halogens is 4. The van der Waals surface area contributed by atoms with Gasteiger partial charge in [-0.1, -0.05) is 53.7 Å². The van der Waals surface area contributed by atoms with Gasteiger partial charge in [0.25, 0.3) is 11.8 Å². The lowest BCUT2D eigenvalue weighted by Crippen LogP contribution is -2.47. The van der Waals surface area contributed by atoms with Gasteiger partial charge in [-0.25, -0.2) is 27.3 Å². The van der Waals surface area contributed by atoms with Gasteiger partial charge in [-0.15, -0.1) is 11.5 Å². The first-order chi connectivity index (χ1) is 50.1. The molecule has 13 rings (SSSR count). The zero-order valence-corrected chi connectivity index (χ0v) is 57.9. The minimum Gasteiger partial charge on any atom is -0.396 e. The average Bonchev–Trinajstić information content (AvgIpc) is 0.833. The number of benzene rings is 5. The highest BCUT2D eigenvalue weighted by molar-refractivity contribution is 7.81. The van der Waals surface area contributed by atoms with E-state index in [1.54, 1.807) is 109 Å². The third-order valence-electron chi connectivity index (χ3n) is 17.1. The van der Waals surface area contributed by atoms with Gasteiger partial charge in [0.1, 0.15) is 38.9 Å². The Morgan fingerprint density at radius 1 is 0.476 bits per heavy atom. The Bertz CT molecular complexity index is 4500. The van der Waals surface area contributed by atoms with Crippen molar-refractivity contribution < 1.29 is 36.8 Å². The summed E-state index contributed by atoms with van der Waals surface area (Å²) >= 11 is 10.9. The Morgan fingerprint density at radius 3 is 1.39 bits per heavy atom. The number of carbonyl (C=O) groups excluding carboxylic acids is 3. The SMILES string of the molecule is C#Cc1cc(C(=O)Nc2cc(F)ccc2N2CCCCC2)ccn1.Nc1cc(N2CCCCC2)c(NC(=S)c2ccncc2)cc1F.O=C(Nc1cc(F)ccc1N1CCN(OC(=O)c2ccccc2)CC1)c1ccncc1.[N-]=[N+]=Nc1cc(N2CCCCC2)c(NC(=S)c2ccncc2)cc1F. The summed E-state index contributed by atoms with van der Waals surface area (Å²) in [6.07, 6.45) is 26.7. The van der Waals surface area contributed by atoms with Crippen molar-refractivity contribution in [2.45, 2.75) is 57.8 Å². The van der Waals surface area contributed by atoms with E-state index in [0.29, 0.717) is 87.0 Å². The minimum absolute atomic E-state index is 0.0107. The molecule has 4 fully saturated rings. The molecular formula is C76H75F4N17O4S2. The van der Waals surface area contributed by atoms with Crippen LogP contribution in [0.1, 0.15) is 106 Å². The van der Waals surface area contributed by atoms with Crippen LogP contribution >= 0.6 is 24.4 Å².